The highest BCUT2D eigenvalue weighted by atomic mass is 127. The van der Waals surface area contributed by atoms with Crippen LogP contribution in [0.25, 0.3) is 11.1 Å². The van der Waals surface area contributed by atoms with Crippen molar-refractivity contribution in [1.29, 1.82) is 0 Å². The van der Waals surface area contributed by atoms with E-state index in [1.807, 2.05) is 30.3 Å². The molecule has 0 saturated carbocycles. The molecular weight excluding hydrogens is 403 g/mol. The van der Waals surface area contributed by atoms with Gasteiger partial charge < -0.3 is 4.74 Å². The summed E-state index contributed by atoms with van der Waals surface area (Å²) >= 11 is 2.14. The molecule has 0 N–H and O–H groups in total. The lowest BCUT2D eigenvalue weighted by Gasteiger charge is -2.11. The zero-order valence-electron chi connectivity index (χ0n) is 11.2. The van der Waals surface area contributed by atoms with Crippen LogP contribution in [0.3, 0.4) is 0 Å². The summed E-state index contributed by atoms with van der Waals surface area (Å²) in [6, 6.07) is 13.0. The van der Waals surface area contributed by atoms with E-state index in [1.165, 1.54) is 7.11 Å². The Balaban J connectivity index is 2.62. The van der Waals surface area contributed by atoms with Crippen LogP contribution in [-0.2, 0) is 21.2 Å². The summed E-state index contributed by atoms with van der Waals surface area (Å²) < 4.78 is 27.6. The van der Waals surface area contributed by atoms with Crippen molar-refractivity contribution in [3.63, 3.8) is 0 Å². The summed E-state index contributed by atoms with van der Waals surface area (Å²) in [7, 11) is -1.33. The summed E-state index contributed by atoms with van der Waals surface area (Å²) in [4.78, 5) is 11.9. The lowest BCUT2D eigenvalue weighted by molar-refractivity contribution is 0.0600. The molecule has 21 heavy (non-hydrogen) atoms. The largest absolute Gasteiger partial charge is 0.465 e. The van der Waals surface area contributed by atoms with E-state index in [9.17, 15) is 13.2 Å². The highest BCUT2D eigenvalue weighted by Gasteiger charge is 2.16. The van der Waals surface area contributed by atoms with Crippen molar-refractivity contribution < 1.29 is 17.9 Å². The molecule has 0 amide bonds. The van der Waals surface area contributed by atoms with Gasteiger partial charge in [0.1, 0.15) is 10.7 Å². The number of halogens is 1. The summed E-state index contributed by atoms with van der Waals surface area (Å²) in [5.41, 5.74) is 2.59. The number of rotatable bonds is 4. The zero-order chi connectivity index (χ0) is 15.4. The van der Waals surface area contributed by atoms with Gasteiger partial charge in [0, 0.05) is 3.57 Å². The van der Waals surface area contributed by atoms with Crippen LogP contribution >= 0.6 is 22.6 Å². The molecule has 0 bridgehead atoms. The highest BCUT2D eigenvalue weighted by Crippen LogP contribution is 2.29. The molecule has 0 radical (unpaired) electrons. The number of hydrogen-bond acceptors (Lipinski definition) is 4. The molecule has 2 aromatic rings. The van der Waals surface area contributed by atoms with Crippen LogP contribution in [0.4, 0.5) is 0 Å². The molecule has 0 atom stereocenters. The third kappa shape index (κ3) is 3.82. The minimum absolute atomic E-state index is 0.176. The van der Waals surface area contributed by atoms with E-state index in [0.717, 1.165) is 14.7 Å². The summed E-state index contributed by atoms with van der Waals surface area (Å²) in [6.07, 6.45) is 0. The van der Waals surface area contributed by atoms with Crippen molar-refractivity contribution in [2.24, 2.45) is 0 Å². The number of thiol groups is 1. The number of carbonyl (C=O) groups excluding carboxylic acids is 1. The predicted molar refractivity (Wildman–Crippen MR) is 90.0 cm³/mol. The van der Waals surface area contributed by atoms with Crippen molar-refractivity contribution in [2.75, 3.05) is 7.11 Å². The van der Waals surface area contributed by atoms with Gasteiger partial charge in [-0.15, -0.1) is 0 Å². The van der Waals surface area contributed by atoms with E-state index >= 15 is 0 Å². The SMILES string of the molecule is COC(=O)c1cc(-c2ccccc2)c(I)cc1C[SH](=O)=O. The Morgan fingerprint density at radius 3 is 2.43 bits per heavy atom. The molecule has 0 unspecified atom stereocenters. The molecule has 2 rings (SSSR count). The number of methoxy groups -OCH3 is 1. The summed E-state index contributed by atoms with van der Waals surface area (Å²) in [5.74, 6) is -0.708. The lowest BCUT2D eigenvalue weighted by Crippen LogP contribution is -2.07. The summed E-state index contributed by atoms with van der Waals surface area (Å²) in [6.45, 7) is 0. The molecule has 0 saturated heterocycles. The molecule has 0 fully saturated rings. The van der Waals surface area contributed by atoms with Gasteiger partial charge in [0.15, 0.2) is 0 Å². The maximum absolute atomic E-state index is 11.9. The Bertz CT molecular complexity index is 731. The molecular formula is C15H13IO4S. The van der Waals surface area contributed by atoms with Crippen molar-refractivity contribution in [3.05, 3.63) is 57.2 Å². The quantitative estimate of drug-likeness (QED) is 0.473. The van der Waals surface area contributed by atoms with Crippen molar-refractivity contribution >= 4 is 39.3 Å². The molecule has 6 heteroatoms. The van der Waals surface area contributed by atoms with E-state index in [4.69, 9.17) is 4.74 Å². The highest BCUT2D eigenvalue weighted by molar-refractivity contribution is 14.1. The van der Waals surface area contributed by atoms with Crippen LogP contribution in [0.1, 0.15) is 15.9 Å². The second-order valence-electron chi connectivity index (χ2n) is 4.34. The van der Waals surface area contributed by atoms with E-state index < -0.39 is 16.7 Å². The molecule has 0 aliphatic carbocycles. The van der Waals surface area contributed by atoms with Gasteiger partial charge in [0.25, 0.3) is 0 Å². The van der Waals surface area contributed by atoms with Crippen molar-refractivity contribution in [1.82, 2.24) is 0 Å². The second kappa shape index (κ2) is 7.04. The molecule has 2 aromatic carbocycles. The Kier molecular flexibility index (Phi) is 5.35. The van der Waals surface area contributed by atoms with Gasteiger partial charge in [-0.25, -0.2) is 13.2 Å². The normalized spacial score (nSPS) is 10.6. The maximum Gasteiger partial charge on any atom is 0.338 e. The summed E-state index contributed by atoms with van der Waals surface area (Å²) in [5, 5.41) is 0. The molecule has 4 nitrogen and oxygen atoms in total. The Labute approximate surface area is 138 Å². The molecule has 110 valence electrons. The first-order chi connectivity index (χ1) is 10.0. The van der Waals surface area contributed by atoms with Crippen molar-refractivity contribution in [2.45, 2.75) is 5.75 Å². The van der Waals surface area contributed by atoms with Crippen LogP contribution in [-0.4, -0.2) is 21.5 Å². The number of hydrogen-bond donors (Lipinski definition) is 1. The van der Waals surface area contributed by atoms with Crippen LogP contribution < -0.4 is 0 Å². The fourth-order valence-electron chi connectivity index (χ4n) is 2.02. The standard InChI is InChI=1S/C15H13IO4S/c1-20-15(17)13-8-12(10-5-3-2-4-6-10)14(16)7-11(13)9-21(18)19/h2-8,21H,9H2,1H3. The Morgan fingerprint density at radius 2 is 1.86 bits per heavy atom. The van der Waals surface area contributed by atoms with Crippen LogP contribution in [0.2, 0.25) is 0 Å². The first-order valence-electron chi connectivity index (χ1n) is 6.11. The number of benzene rings is 2. The average Bonchev–Trinajstić information content (AvgIpc) is 2.47. The maximum atomic E-state index is 11.9. The number of ether oxygens (including phenoxy) is 1. The van der Waals surface area contributed by atoms with Crippen molar-refractivity contribution in [3.8, 4) is 11.1 Å². The Hall–Kier alpha value is -1.41. The molecule has 0 heterocycles. The predicted octanol–water partition coefficient (Wildman–Crippen LogP) is 2.86. The number of carbonyl (C=O) groups is 1. The average molecular weight is 416 g/mol. The Morgan fingerprint density at radius 1 is 1.19 bits per heavy atom. The van der Waals surface area contributed by atoms with Gasteiger partial charge >= 0.3 is 5.97 Å². The zero-order valence-corrected chi connectivity index (χ0v) is 14.3. The molecule has 0 aliphatic rings. The van der Waals surface area contributed by atoms with Crippen LogP contribution in [0.5, 0.6) is 0 Å². The topological polar surface area (TPSA) is 60.4 Å². The minimum atomic E-state index is -2.61. The first kappa shape index (κ1) is 16.0. The third-order valence-electron chi connectivity index (χ3n) is 2.98. The van der Waals surface area contributed by atoms with Gasteiger partial charge in [-0.2, -0.15) is 0 Å². The van der Waals surface area contributed by atoms with E-state index in [1.54, 1.807) is 12.1 Å². The van der Waals surface area contributed by atoms with Gasteiger partial charge in [-0.1, -0.05) is 30.3 Å². The number of esters is 1. The third-order valence-corrected chi connectivity index (χ3v) is 4.47. The van der Waals surface area contributed by atoms with E-state index in [-0.39, 0.29) is 11.3 Å². The lowest BCUT2D eigenvalue weighted by atomic mass is 10.00. The van der Waals surface area contributed by atoms with Gasteiger partial charge in [0.05, 0.1) is 18.4 Å². The van der Waals surface area contributed by atoms with Crippen LogP contribution in [0, 0.1) is 3.57 Å². The first-order valence-corrected chi connectivity index (χ1v) is 8.55. The smallest absolute Gasteiger partial charge is 0.338 e. The molecule has 0 aromatic heterocycles. The van der Waals surface area contributed by atoms with Gasteiger partial charge in [0.2, 0.25) is 0 Å². The van der Waals surface area contributed by atoms with Gasteiger partial charge in [-0.3, -0.25) is 0 Å². The molecule has 0 aliphatic heterocycles. The van der Waals surface area contributed by atoms with Gasteiger partial charge in [-0.05, 0) is 51.4 Å². The fourth-order valence-corrected chi connectivity index (χ4v) is 3.41. The monoisotopic (exact) mass is 416 g/mol. The van der Waals surface area contributed by atoms with Crippen LogP contribution in [0.15, 0.2) is 42.5 Å². The minimum Gasteiger partial charge on any atom is -0.465 e. The second-order valence-corrected chi connectivity index (χ2v) is 6.48. The molecule has 0 spiro atoms. The van der Waals surface area contributed by atoms with E-state index in [2.05, 4.69) is 22.6 Å². The fraction of sp³-hybridized carbons (Fsp3) is 0.133. The van der Waals surface area contributed by atoms with E-state index in [0.29, 0.717) is 5.56 Å².